The second-order valence-corrected chi connectivity index (χ2v) is 4.42. The molecule has 1 atom stereocenters. The van der Waals surface area contributed by atoms with Crippen LogP contribution in [0.1, 0.15) is 24.0 Å². The molecule has 0 aliphatic rings. The van der Waals surface area contributed by atoms with Crippen molar-refractivity contribution in [1.82, 2.24) is 0 Å². The summed E-state index contributed by atoms with van der Waals surface area (Å²) in [5.41, 5.74) is 1.81. The summed E-state index contributed by atoms with van der Waals surface area (Å²) < 4.78 is 12.8. The predicted octanol–water partition coefficient (Wildman–Crippen LogP) is 4.21. The van der Waals surface area contributed by atoms with Crippen LogP contribution in [0.2, 0.25) is 0 Å². The molecule has 0 bridgehead atoms. The van der Waals surface area contributed by atoms with Crippen molar-refractivity contribution in [3.8, 4) is 0 Å². The molecule has 0 fully saturated rings. The minimum absolute atomic E-state index is 0.00969. The number of allylic oxidation sites excluding steroid dienone is 1. The van der Waals surface area contributed by atoms with Gasteiger partial charge in [-0.15, -0.1) is 0 Å². The zero-order valence-electron chi connectivity index (χ0n) is 10.7. The average Bonchev–Trinajstić information content (AvgIpc) is 2.46. The highest BCUT2D eigenvalue weighted by molar-refractivity contribution is 5.98. The van der Waals surface area contributed by atoms with Gasteiger partial charge >= 0.3 is 0 Å². The Morgan fingerprint density at radius 1 is 1.05 bits per heavy atom. The van der Waals surface area contributed by atoms with E-state index in [1.807, 2.05) is 37.3 Å². The first-order chi connectivity index (χ1) is 9.16. The lowest BCUT2D eigenvalue weighted by atomic mass is 9.96. The highest BCUT2D eigenvalue weighted by atomic mass is 19.1. The van der Waals surface area contributed by atoms with E-state index in [0.29, 0.717) is 0 Å². The molecule has 96 valence electrons. The first-order valence-electron chi connectivity index (χ1n) is 6.19. The van der Waals surface area contributed by atoms with Crippen LogP contribution >= 0.6 is 0 Å². The van der Waals surface area contributed by atoms with Gasteiger partial charge in [0.25, 0.3) is 0 Å². The van der Waals surface area contributed by atoms with E-state index < -0.39 is 0 Å². The van der Waals surface area contributed by atoms with E-state index in [2.05, 4.69) is 0 Å². The van der Waals surface area contributed by atoms with E-state index >= 15 is 0 Å². The highest BCUT2D eigenvalue weighted by Crippen LogP contribution is 2.17. The van der Waals surface area contributed by atoms with Crippen LogP contribution in [-0.2, 0) is 4.79 Å². The Morgan fingerprint density at radius 2 is 1.68 bits per heavy atom. The van der Waals surface area contributed by atoms with E-state index in [0.717, 1.165) is 11.1 Å². The summed E-state index contributed by atoms with van der Waals surface area (Å²) in [7, 11) is 0. The van der Waals surface area contributed by atoms with Crippen LogP contribution < -0.4 is 0 Å². The van der Waals surface area contributed by atoms with Crippen LogP contribution in [0.4, 0.5) is 4.39 Å². The van der Waals surface area contributed by atoms with Crippen molar-refractivity contribution in [2.45, 2.75) is 12.8 Å². The summed E-state index contributed by atoms with van der Waals surface area (Å²) in [5.74, 6) is -0.542. The SMILES string of the molecule is CC(C(=O)/C=C/c1ccccc1)c1ccc(F)cc1. The molecule has 0 amide bonds. The molecule has 0 aliphatic carbocycles. The lowest BCUT2D eigenvalue weighted by molar-refractivity contribution is -0.115. The maximum atomic E-state index is 12.8. The summed E-state index contributed by atoms with van der Waals surface area (Å²) in [6, 6.07) is 15.7. The largest absolute Gasteiger partial charge is 0.294 e. The van der Waals surface area contributed by atoms with Crippen molar-refractivity contribution < 1.29 is 9.18 Å². The van der Waals surface area contributed by atoms with E-state index in [1.54, 1.807) is 24.3 Å². The van der Waals surface area contributed by atoms with Gasteiger partial charge in [0.1, 0.15) is 5.82 Å². The van der Waals surface area contributed by atoms with Gasteiger partial charge < -0.3 is 0 Å². The standard InChI is InChI=1S/C17H15FO/c1-13(15-8-10-16(18)11-9-15)17(19)12-7-14-5-3-2-4-6-14/h2-13H,1H3/b12-7+. The van der Waals surface area contributed by atoms with Crippen molar-refractivity contribution in [1.29, 1.82) is 0 Å². The van der Waals surface area contributed by atoms with Crippen molar-refractivity contribution in [2.24, 2.45) is 0 Å². The number of halogens is 1. The summed E-state index contributed by atoms with van der Waals surface area (Å²) in [6.07, 6.45) is 3.37. The zero-order chi connectivity index (χ0) is 13.7. The fraction of sp³-hybridized carbons (Fsp3) is 0.118. The van der Waals surface area contributed by atoms with Gasteiger partial charge in [-0.25, -0.2) is 4.39 Å². The minimum Gasteiger partial charge on any atom is -0.294 e. The van der Waals surface area contributed by atoms with Crippen molar-refractivity contribution >= 4 is 11.9 Å². The van der Waals surface area contributed by atoms with Crippen molar-refractivity contribution in [3.05, 3.63) is 77.6 Å². The van der Waals surface area contributed by atoms with Gasteiger partial charge in [0.05, 0.1) is 0 Å². The smallest absolute Gasteiger partial charge is 0.162 e. The predicted molar refractivity (Wildman–Crippen MR) is 75.3 cm³/mol. The van der Waals surface area contributed by atoms with Crippen LogP contribution in [0.3, 0.4) is 0 Å². The van der Waals surface area contributed by atoms with Gasteiger partial charge in [0.2, 0.25) is 0 Å². The number of ketones is 1. The molecule has 0 aromatic heterocycles. The Hall–Kier alpha value is -2.22. The van der Waals surface area contributed by atoms with E-state index in [1.165, 1.54) is 12.1 Å². The number of rotatable bonds is 4. The number of benzene rings is 2. The quantitative estimate of drug-likeness (QED) is 0.747. The van der Waals surface area contributed by atoms with Gasteiger partial charge in [-0.3, -0.25) is 4.79 Å². The Labute approximate surface area is 112 Å². The Kier molecular flexibility index (Phi) is 4.24. The summed E-state index contributed by atoms with van der Waals surface area (Å²) >= 11 is 0. The fourth-order valence-corrected chi connectivity index (χ4v) is 1.80. The molecule has 19 heavy (non-hydrogen) atoms. The van der Waals surface area contributed by atoms with Gasteiger partial charge in [-0.2, -0.15) is 0 Å². The highest BCUT2D eigenvalue weighted by Gasteiger charge is 2.12. The molecular formula is C17H15FO. The Bertz CT molecular complexity index is 570. The topological polar surface area (TPSA) is 17.1 Å². The molecule has 0 saturated carbocycles. The van der Waals surface area contributed by atoms with Crippen LogP contribution in [-0.4, -0.2) is 5.78 Å². The number of hydrogen-bond donors (Lipinski definition) is 0. The fourth-order valence-electron chi connectivity index (χ4n) is 1.80. The van der Waals surface area contributed by atoms with Gasteiger partial charge in [0.15, 0.2) is 5.78 Å². The third-order valence-electron chi connectivity index (χ3n) is 3.04. The molecule has 0 radical (unpaired) electrons. The first-order valence-corrected chi connectivity index (χ1v) is 6.19. The third-order valence-corrected chi connectivity index (χ3v) is 3.04. The lowest BCUT2D eigenvalue weighted by Gasteiger charge is -2.07. The third kappa shape index (κ3) is 3.62. The molecule has 0 aliphatic heterocycles. The molecule has 0 spiro atoms. The molecule has 0 saturated heterocycles. The van der Waals surface area contributed by atoms with Crippen molar-refractivity contribution in [2.75, 3.05) is 0 Å². The van der Waals surface area contributed by atoms with E-state index in [4.69, 9.17) is 0 Å². The monoisotopic (exact) mass is 254 g/mol. The Morgan fingerprint density at radius 3 is 2.32 bits per heavy atom. The summed E-state index contributed by atoms with van der Waals surface area (Å²) in [6.45, 7) is 1.82. The molecule has 2 aromatic carbocycles. The van der Waals surface area contributed by atoms with E-state index in [9.17, 15) is 9.18 Å². The zero-order valence-corrected chi connectivity index (χ0v) is 10.7. The van der Waals surface area contributed by atoms with Crippen LogP contribution in [0.25, 0.3) is 6.08 Å². The maximum Gasteiger partial charge on any atom is 0.162 e. The number of carbonyl (C=O) groups is 1. The van der Waals surface area contributed by atoms with Gasteiger partial charge in [0, 0.05) is 5.92 Å². The second-order valence-electron chi connectivity index (χ2n) is 4.42. The molecule has 1 unspecified atom stereocenters. The molecule has 2 heteroatoms. The summed E-state index contributed by atoms with van der Waals surface area (Å²) in [5, 5.41) is 0. The lowest BCUT2D eigenvalue weighted by Crippen LogP contribution is -2.05. The second kappa shape index (κ2) is 6.10. The average molecular weight is 254 g/mol. The molecule has 2 rings (SSSR count). The molecule has 0 N–H and O–H groups in total. The number of hydrogen-bond acceptors (Lipinski definition) is 1. The summed E-state index contributed by atoms with van der Waals surface area (Å²) in [4.78, 5) is 12.0. The molecular weight excluding hydrogens is 239 g/mol. The van der Waals surface area contributed by atoms with Gasteiger partial charge in [-0.05, 0) is 29.3 Å². The van der Waals surface area contributed by atoms with Crippen molar-refractivity contribution in [3.63, 3.8) is 0 Å². The van der Waals surface area contributed by atoms with Crippen LogP contribution in [0.5, 0.6) is 0 Å². The van der Waals surface area contributed by atoms with Gasteiger partial charge in [-0.1, -0.05) is 55.5 Å². The normalized spacial score (nSPS) is 12.5. The van der Waals surface area contributed by atoms with Crippen LogP contribution in [0.15, 0.2) is 60.7 Å². The molecule has 2 aromatic rings. The first kappa shape index (κ1) is 13.2. The van der Waals surface area contributed by atoms with E-state index in [-0.39, 0.29) is 17.5 Å². The molecule has 1 nitrogen and oxygen atoms in total. The van der Waals surface area contributed by atoms with Crippen LogP contribution in [0, 0.1) is 5.82 Å². The molecule has 0 heterocycles. The minimum atomic E-state index is -0.289. The number of carbonyl (C=O) groups excluding carboxylic acids is 1. The maximum absolute atomic E-state index is 12.8. The Balaban J connectivity index is 2.07.